The van der Waals surface area contributed by atoms with Crippen LogP contribution in [0.15, 0.2) is 72.4 Å². The Morgan fingerprint density at radius 3 is 2.64 bits per heavy atom. The molecule has 1 aromatic heterocycles. The summed E-state index contributed by atoms with van der Waals surface area (Å²) in [5, 5.41) is 9.69. The number of hydrogen-bond donors (Lipinski definition) is 0. The zero-order chi connectivity index (χ0) is 17.5. The first-order chi connectivity index (χ1) is 12.3. The second-order valence-corrected chi connectivity index (χ2v) is 6.54. The summed E-state index contributed by atoms with van der Waals surface area (Å²) in [4.78, 5) is 0. The zero-order valence-electron chi connectivity index (χ0n) is 14.3. The van der Waals surface area contributed by atoms with Crippen LogP contribution in [-0.4, -0.2) is 21.9 Å². The summed E-state index contributed by atoms with van der Waals surface area (Å²) in [6.07, 6.45) is 2.65. The van der Waals surface area contributed by atoms with Gasteiger partial charge in [-0.2, -0.15) is 0 Å². The number of ether oxygens (including phenoxy) is 1. The van der Waals surface area contributed by atoms with Gasteiger partial charge in [0, 0.05) is 18.7 Å². The van der Waals surface area contributed by atoms with E-state index in [0.29, 0.717) is 6.54 Å². The van der Waals surface area contributed by atoms with E-state index >= 15 is 0 Å². The Balaban J connectivity index is 1.75. The van der Waals surface area contributed by atoms with E-state index in [4.69, 9.17) is 4.74 Å². The smallest absolute Gasteiger partial charge is 0.191 e. The molecule has 0 aliphatic carbocycles. The highest BCUT2D eigenvalue weighted by atomic mass is 32.2. The normalized spacial score (nSPS) is 10.6. The lowest BCUT2D eigenvalue weighted by molar-refractivity contribution is 0.414. The van der Waals surface area contributed by atoms with Crippen molar-refractivity contribution in [1.82, 2.24) is 14.8 Å². The van der Waals surface area contributed by atoms with Crippen LogP contribution in [0.4, 0.5) is 0 Å². The summed E-state index contributed by atoms with van der Waals surface area (Å²) in [7, 11) is 1.68. The number of allylic oxidation sites excluding steroid dienone is 1. The van der Waals surface area contributed by atoms with Crippen LogP contribution in [-0.2, 0) is 18.7 Å². The predicted molar refractivity (Wildman–Crippen MR) is 102 cm³/mol. The molecule has 3 aromatic rings. The molecule has 0 amide bonds. The Morgan fingerprint density at radius 2 is 1.88 bits per heavy atom. The Labute approximate surface area is 152 Å². The minimum Gasteiger partial charge on any atom is -0.497 e. The molecule has 0 N–H and O–H groups in total. The molecule has 0 bridgehead atoms. The Morgan fingerprint density at radius 1 is 1.08 bits per heavy atom. The SMILES string of the molecule is C=CCn1c(Cc2ccccc2)nnc1SCc1cccc(OC)c1. The fourth-order valence-corrected chi connectivity index (χ4v) is 3.47. The van der Waals surface area contributed by atoms with Crippen molar-refractivity contribution in [1.29, 1.82) is 0 Å². The first-order valence-electron chi connectivity index (χ1n) is 8.13. The largest absolute Gasteiger partial charge is 0.497 e. The predicted octanol–water partition coefficient (Wildman–Crippen LogP) is 4.36. The van der Waals surface area contributed by atoms with Gasteiger partial charge >= 0.3 is 0 Å². The maximum absolute atomic E-state index is 5.28. The van der Waals surface area contributed by atoms with Gasteiger partial charge in [-0.1, -0.05) is 60.3 Å². The third kappa shape index (κ3) is 4.51. The molecule has 0 unspecified atom stereocenters. The molecular weight excluding hydrogens is 330 g/mol. The Kier molecular flexibility index (Phi) is 5.90. The van der Waals surface area contributed by atoms with Gasteiger partial charge in [-0.15, -0.1) is 16.8 Å². The van der Waals surface area contributed by atoms with E-state index in [-0.39, 0.29) is 0 Å². The first-order valence-corrected chi connectivity index (χ1v) is 9.11. The molecule has 0 saturated carbocycles. The van der Waals surface area contributed by atoms with Crippen molar-refractivity contribution < 1.29 is 4.74 Å². The second kappa shape index (κ2) is 8.53. The van der Waals surface area contributed by atoms with E-state index in [1.807, 2.05) is 42.5 Å². The van der Waals surface area contributed by atoms with E-state index < -0.39 is 0 Å². The summed E-state index contributed by atoms with van der Waals surface area (Å²) in [6.45, 7) is 4.57. The molecule has 3 rings (SSSR count). The van der Waals surface area contributed by atoms with E-state index in [2.05, 4.69) is 39.5 Å². The van der Waals surface area contributed by atoms with Crippen LogP contribution in [0.25, 0.3) is 0 Å². The van der Waals surface area contributed by atoms with E-state index in [1.54, 1.807) is 18.9 Å². The lowest BCUT2D eigenvalue weighted by Gasteiger charge is -2.08. The molecule has 0 radical (unpaired) electrons. The van der Waals surface area contributed by atoms with E-state index in [0.717, 1.165) is 28.9 Å². The van der Waals surface area contributed by atoms with Crippen LogP contribution >= 0.6 is 11.8 Å². The van der Waals surface area contributed by atoms with Gasteiger partial charge in [-0.3, -0.25) is 0 Å². The van der Waals surface area contributed by atoms with Gasteiger partial charge in [0.1, 0.15) is 11.6 Å². The van der Waals surface area contributed by atoms with Gasteiger partial charge < -0.3 is 9.30 Å². The zero-order valence-corrected chi connectivity index (χ0v) is 15.1. The molecule has 0 spiro atoms. The van der Waals surface area contributed by atoms with Crippen LogP contribution in [0, 0.1) is 0 Å². The van der Waals surface area contributed by atoms with Crippen molar-refractivity contribution in [3.63, 3.8) is 0 Å². The van der Waals surface area contributed by atoms with Gasteiger partial charge in [0.05, 0.1) is 7.11 Å². The van der Waals surface area contributed by atoms with Crippen molar-refractivity contribution in [3.05, 3.63) is 84.2 Å². The minimum atomic E-state index is 0.704. The molecule has 5 heteroatoms. The third-order valence-electron chi connectivity index (χ3n) is 3.81. The maximum Gasteiger partial charge on any atom is 0.191 e. The topological polar surface area (TPSA) is 39.9 Å². The molecule has 0 atom stereocenters. The maximum atomic E-state index is 5.28. The number of hydrogen-bond acceptors (Lipinski definition) is 4. The molecule has 0 aliphatic heterocycles. The fraction of sp³-hybridized carbons (Fsp3) is 0.200. The van der Waals surface area contributed by atoms with Crippen molar-refractivity contribution in [2.45, 2.75) is 23.9 Å². The fourth-order valence-electron chi connectivity index (χ4n) is 2.56. The summed E-state index contributed by atoms with van der Waals surface area (Å²) in [5.41, 5.74) is 2.42. The van der Waals surface area contributed by atoms with Crippen LogP contribution in [0.2, 0.25) is 0 Å². The van der Waals surface area contributed by atoms with Crippen LogP contribution in [0.1, 0.15) is 17.0 Å². The van der Waals surface area contributed by atoms with Crippen LogP contribution < -0.4 is 4.74 Å². The molecule has 0 saturated heterocycles. The average Bonchev–Trinajstić information content (AvgIpc) is 3.03. The second-order valence-electron chi connectivity index (χ2n) is 5.60. The van der Waals surface area contributed by atoms with Crippen molar-refractivity contribution in [2.24, 2.45) is 0 Å². The summed E-state index contributed by atoms with van der Waals surface area (Å²) in [6, 6.07) is 18.4. The highest BCUT2D eigenvalue weighted by Crippen LogP contribution is 2.24. The van der Waals surface area contributed by atoms with Crippen LogP contribution in [0.3, 0.4) is 0 Å². The standard InChI is InChI=1S/C20H21N3OS/c1-3-12-23-19(14-16-8-5-4-6-9-16)21-22-20(23)25-15-17-10-7-11-18(13-17)24-2/h3-11,13H,1,12,14-15H2,2H3. The lowest BCUT2D eigenvalue weighted by Crippen LogP contribution is -2.04. The molecule has 0 aliphatic rings. The number of methoxy groups -OCH3 is 1. The summed E-state index contributed by atoms with van der Waals surface area (Å²) in [5.74, 6) is 2.65. The molecule has 0 fully saturated rings. The van der Waals surface area contributed by atoms with Crippen molar-refractivity contribution in [2.75, 3.05) is 7.11 Å². The van der Waals surface area contributed by atoms with Gasteiger partial charge in [0.25, 0.3) is 0 Å². The first kappa shape index (κ1) is 17.3. The van der Waals surface area contributed by atoms with Crippen molar-refractivity contribution >= 4 is 11.8 Å². The highest BCUT2D eigenvalue weighted by Gasteiger charge is 2.12. The van der Waals surface area contributed by atoms with E-state index in [1.165, 1.54) is 11.1 Å². The lowest BCUT2D eigenvalue weighted by atomic mass is 10.1. The molecular formula is C20H21N3OS. The average molecular weight is 351 g/mol. The molecule has 1 heterocycles. The number of thioether (sulfide) groups is 1. The monoisotopic (exact) mass is 351 g/mol. The molecule has 128 valence electrons. The van der Waals surface area contributed by atoms with Gasteiger partial charge in [0.2, 0.25) is 0 Å². The number of nitrogens with zero attached hydrogens (tertiary/aromatic N) is 3. The van der Waals surface area contributed by atoms with Crippen molar-refractivity contribution in [3.8, 4) is 5.75 Å². The van der Waals surface area contributed by atoms with Gasteiger partial charge in [-0.25, -0.2) is 0 Å². The highest BCUT2D eigenvalue weighted by molar-refractivity contribution is 7.98. The molecule has 2 aromatic carbocycles. The molecule has 4 nitrogen and oxygen atoms in total. The summed E-state index contributed by atoms with van der Waals surface area (Å²) >= 11 is 1.68. The Bertz CT molecular complexity index is 830. The number of rotatable bonds is 8. The van der Waals surface area contributed by atoms with Gasteiger partial charge in [0.15, 0.2) is 5.16 Å². The van der Waals surface area contributed by atoms with Crippen LogP contribution in [0.5, 0.6) is 5.75 Å². The van der Waals surface area contributed by atoms with E-state index in [9.17, 15) is 0 Å². The minimum absolute atomic E-state index is 0.704. The Hall–Kier alpha value is -2.53. The van der Waals surface area contributed by atoms with Gasteiger partial charge in [-0.05, 0) is 23.3 Å². The quantitative estimate of drug-likeness (QED) is 0.447. The summed E-state index contributed by atoms with van der Waals surface area (Å²) < 4.78 is 7.41. The third-order valence-corrected chi connectivity index (χ3v) is 4.85. The number of aromatic nitrogens is 3. The molecule has 25 heavy (non-hydrogen) atoms. The number of benzene rings is 2.